The molecule has 0 saturated heterocycles. The van der Waals surface area contributed by atoms with E-state index in [4.69, 9.17) is 0 Å². The first kappa shape index (κ1) is 15.7. The summed E-state index contributed by atoms with van der Waals surface area (Å²) < 4.78 is 1.79. The van der Waals surface area contributed by atoms with Gasteiger partial charge in [-0.15, -0.1) is 0 Å². The minimum atomic E-state index is 0.918. The molecule has 0 spiro atoms. The molecule has 0 unspecified atom stereocenters. The SMILES string of the molecule is BrN1NN=C(c2ccccc2)C(c2ccccc2)=C1c1ccccc1. The Morgan fingerprint density at radius 1 is 0.640 bits per heavy atom. The molecule has 3 aromatic carbocycles. The normalized spacial score (nSPS) is 14.1. The lowest BCUT2D eigenvalue weighted by atomic mass is 9.91. The molecule has 122 valence electrons. The summed E-state index contributed by atoms with van der Waals surface area (Å²) in [5, 5.41) is 4.60. The smallest absolute Gasteiger partial charge is 0.102 e. The fourth-order valence-electron chi connectivity index (χ4n) is 2.95. The molecule has 0 aliphatic carbocycles. The van der Waals surface area contributed by atoms with Crippen molar-refractivity contribution in [1.29, 1.82) is 0 Å². The molecule has 0 aromatic heterocycles. The Morgan fingerprint density at radius 2 is 1.12 bits per heavy atom. The summed E-state index contributed by atoms with van der Waals surface area (Å²) >= 11 is 3.59. The number of allylic oxidation sites excluding steroid dienone is 1. The van der Waals surface area contributed by atoms with Crippen LogP contribution in [-0.2, 0) is 0 Å². The van der Waals surface area contributed by atoms with Gasteiger partial charge in [-0.1, -0.05) is 91.0 Å². The predicted octanol–water partition coefficient (Wildman–Crippen LogP) is 5.09. The van der Waals surface area contributed by atoms with Crippen LogP contribution in [0.2, 0.25) is 0 Å². The van der Waals surface area contributed by atoms with Crippen molar-refractivity contribution in [2.45, 2.75) is 0 Å². The highest BCUT2D eigenvalue weighted by Gasteiger charge is 2.25. The largest absolute Gasteiger partial charge is 0.207 e. The summed E-state index contributed by atoms with van der Waals surface area (Å²) in [6.45, 7) is 0. The summed E-state index contributed by atoms with van der Waals surface area (Å²) in [5.74, 6) is 0. The average molecular weight is 390 g/mol. The van der Waals surface area contributed by atoms with E-state index in [9.17, 15) is 0 Å². The molecule has 3 nitrogen and oxygen atoms in total. The molecule has 4 rings (SSSR count). The van der Waals surface area contributed by atoms with Crippen molar-refractivity contribution in [3.8, 4) is 0 Å². The van der Waals surface area contributed by atoms with Crippen molar-refractivity contribution in [3.05, 3.63) is 108 Å². The maximum Gasteiger partial charge on any atom is 0.102 e. The van der Waals surface area contributed by atoms with Gasteiger partial charge in [-0.25, -0.2) is 9.57 Å². The first-order valence-electron chi connectivity index (χ1n) is 8.05. The molecule has 0 amide bonds. The van der Waals surface area contributed by atoms with Crippen molar-refractivity contribution < 1.29 is 0 Å². The number of halogens is 1. The fourth-order valence-corrected chi connectivity index (χ4v) is 3.41. The number of hydrogen-bond donors (Lipinski definition) is 1. The molecular formula is C21H16BrN3. The van der Waals surface area contributed by atoms with Crippen LogP contribution in [0.25, 0.3) is 11.3 Å². The van der Waals surface area contributed by atoms with Crippen molar-refractivity contribution in [3.63, 3.8) is 0 Å². The summed E-state index contributed by atoms with van der Waals surface area (Å²) in [4.78, 5) is 0. The predicted molar refractivity (Wildman–Crippen MR) is 107 cm³/mol. The Morgan fingerprint density at radius 3 is 1.68 bits per heavy atom. The van der Waals surface area contributed by atoms with Crippen LogP contribution in [-0.4, -0.2) is 9.75 Å². The summed E-state index contributed by atoms with van der Waals surface area (Å²) in [6.07, 6.45) is 0. The van der Waals surface area contributed by atoms with Crippen molar-refractivity contribution in [2.24, 2.45) is 5.10 Å². The standard InChI is InChI=1S/C21H16BrN3/c22-25-21(18-14-8-3-9-15-18)19(16-10-4-1-5-11-16)20(23-24-25)17-12-6-2-7-13-17/h1-15,24H. The molecule has 0 atom stereocenters. The van der Waals surface area contributed by atoms with Crippen molar-refractivity contribution in [2.75, 3.05) is 0 Å². The lowest BCUT2D eigenvalue weighted by molar-refractivity contribution is 0.503. The van der Waals surface area contributed by atoms with Gasteiger partial charge in [0.1, 0.15) is 5.71 Å². The van der Waals surface area contributed by atoms with E-state index >= 15 is 0 Å². The highest BCUT2D eigenvalue weighted by atomic mass is 79.9. The van der Waals surface area contributed by atoms with E-state index in [1.807, 2.05) is 54.6 Å². The van der Waals surface area contributed by atoms with Gasteiger partial charge in [-0.3, -0.25) is 0 Å². The highest BCUT2D eigenvalue weighted by molar-refractivity contribution is 9.07. The van der Waals surface area contributed by atoms with Gasteiger partial charge in [0.15, 0.2) is 0 Å². The van der Waals surface area contributed by atoms with Crippen molar-refractivity contribution in [1.82, 2.24) is 9.57 Å². The molecule has 1 heterocycles. The third kappa shape index (κ3) is 3.08. The second-order valence-corrected chi connectivity index (χ2v) is 6.37. The van der Waals surface area contributed by atoms with Gasteiger partial charge in [0, 0.05) is 16.7 Å². The number of hydrogen-bond acceptors (Lipinski definition) is 3. The van der Waals surface area contributed by atoms with E-state index in [1.54, 1.807) is 4.03 Å². The lowest BCUT2D eigenvalue weighted by Gasteiger charge is -2.29. The number of nitrogens with zero attached hydrogens (tertiary/aromatic N) is 2. The minimum absolute atomic E-state index is 0.918. The Kier molecular flexibility index (Phi) is 4.36. The molecule has 1 aliphatic rings. The van der Waals surface area contributed by atoms with E-state index in [0.29, 0.717) is 0 Å². The second kappa shape index (κ2) is 6.95. The molecule has 1 N–H and O–H groups in total. The van der Waals surface area contributed by atoms with Crippen molar-refractivity contribution >= 4 is 33.1 Å². The quantitative estimate of drug-likeness (QED) is 0.631. The number of nitrogens with one attached hydrogen (secondary N) is 1. The van der Waals surface area contributed by atoms with E-state index < -0.39 is 0 Å². The fraction of sp³-hybridized carbons (Fsp3) is 0. The van der Waals surface area contributed by atoms with Gasteiger partial charge in [0.2, 0.25) is 0 Å². The molecule has 25 heavy (non-hydrogen) atoms. The number of rotatable bonds is 3. The van der Waals surface area contributed by atoms with Crippen LogP contribution < -0.4 is 5.53 Å². The lowest BCUT2D eigenvalue weighted by Crippen LogP contribution is -2.31. The summed E-state index contributed by atoms with van der Waals surface area (Å²) in [5.41, 5.74) is 9.38. The topological polar surface area (TPSA) is 27.6 Å². The summed E-state index contributed by atoms with van der Waals surface area (Å²) in [6, 6.07) is 30.9. The Hall–Kier alpha value is -2.85. The maximum atomic E-state index is 4.60. The Balaban J connectivity index is 1.99. The zero-order valence-electron chi connectivity index (χ0n) is 13.4. The van der Waals surface area contributed by atoms with Crippen LogP contribution in [0.1, 0.15) is 16.7 Å². The number of benzene rings is 3. The molecule has 0 fully saturated rings. The zero-order chi connectivity index (χ0) is 17.1. The molecule has 1 aliphatic heterocycles. The third-order valence-electron chi connectivity index (χ3n) is 4.08. The van der Waals surface area contributed by atoms with Crippen LogP contribution in [0.4, 0.5) is 0 Å². The number of hydrazine groups is 1. The molecular weight excluding hydrogens is 374 g/mol. The maximum absolute atomic E-state index is 4.60. The van der Waals surface area contributed by atoms with Crippen LogP contribution in [0, 0.1) is 0 Å². The van der Waals surface area contributed by atoms with E-state index in [1.165, 1.54) is 0 Å². The Bertz CT molecular complexity index is 919. The average Bonchev–Trinajstić information content (AvgIpc) is 2.70. The van der Waals surface area contributed by atoms with Crippen LogP contribution in [0.3, 0.4) is 0 Å². The van der Waals surface area contributed by atoms with Gasteiger partial charge in [-0.2, -0.15) is 5.10 Å². The van der Waals surface area contributed by atoms with Gasteiger partial charge in [0.05, 0.1) is 21.8 Å². The first-order valence-corrected chi connectivity index (χ1v) is 8.75. The monoisotopic (exact) mass is 389 g/mol. The van der Waals surface area contributed by atoms with Crippen LogP contribution >= 0.6 is 16.1 Å². The van der Waals surface area contributed by atoms with E-state index in [0.717, 1.165) is 33.7 Å². The van der Waals surface area contributed by atoms with E-state index in [-0.39, 0.29) is 0 Å². The Labute approximate surface area is 155 Å². The van der Waals surface area contributed by atoms with Gasteiger partial charge >= 0.3 is 0 Å². The van der Waals surface area contributed by atoms with E-state index in [2.05, 4.69) is 63.2 Å². The molecule has 0 radical (unpaired) electrons. The first-order chi connectivity index (χ1) is 12.3. The molecule has 4 heteroatoms. The number of hydrazone groups is 1. The summed E-state index contributed by atoms with van der Waals surface area (Å²) in [7, 11) is 0. The zero-order valence-corrected chi connectivity index (χ0v) is 15.0. The molecule has 3 aromatic rings. The highest BCUT2D eigenvalue weighted by Crippen LogP contribution is 2.35. The van der Waals surface area contributed by atoms with Gasteiger partial charge in [0.25, 0.3) is 0 Å². The van der Waals surface area contributed by atoms with Crippen LogP contribution in [0.5, 0.6) is 0 Å². The molecule has 0 saturated carbocycles. The molecule has 0 bridgehead atoms. The van der Waals surface area contributed by atoms with Crippen LogP contribution in [0.15, 0.2) is 96.1 Å². The second-order valence-electron chi connectivity index (χ2n) is 5.66. The van der Waals surface area contributed by atoms with Gasteiger partial charge < -0.3 is 0 Å². The third-order valence-corrected chi connectivity index (χ3v) is 4.59. The minimum Gasteiger partial charge on any atom is -0.207 e. The van der Waals surface area contributed by atoms with Gasteiger partial charge in [-0.05, 0) is 5.56 Å².